The number of aliphatic hydroxyl groups is 2. The van der Waals surface area contributed by atoms with E-state index in [2.05, 4.69) is 6.58 Å². The van der Waals surface area contributed by atoms with E-state index < -0.39 is 11.7 Å². The molecule has 20 heavy (non-hydrogen) atoms. The standard InChI is InChI=1S/C18H20O2/c1-2-17(19)13-14-18(20,15-9-5-3-6-10-15)16-11-7-4-8-12-16/h2-12,17,19-20H,1,13-14H2/t17-/m1/s1. The van der Waals surface area contributed by atoms with Crippen LogP contribution in [0.3, 0.4) is 0 Å². The van der Waals surface area contributed by atoms with Gasteiger partial charge in [-0.25, -0.2) is 0 Å². The first-order valence-electron chi connectivity index (χ1n) is 6.81. The second-order valence-corrected chi connectivity index (χ2v) is 4.93. The van der Waals surface area contributed by atoms with Crippen LogP contribution in [0.4, 0.5) is 0 Å². The molecule has 0 amide bonds. The van der Waals surface area contributed by atoms with E-state index in [-0.39, 0.29) is 0 Å². The van der Waals surface area contributed by atoms with Crippen LogP contribution in [0.5, 0.6) is 0 Å². The van der Waals surface area contributed by atoms with Crippen molar-refractivity contribution in [1.29, 1.82) is 0 Å². The van der Waals surface area contributed by atoms with Gasteiger partial charge in [-0.15, -0.1) is 6.58 Å². The fraction of sp³-hybridized carbons (Fsp3) is 0.222. The SMILES string of the molecule is C=C[C@@H](O)CCC(O)(c1ccccc1)c1ccccc1. The highest BCUT2D eigenvalue weighted by Gasteiger charge is 2.31. The first-order chi connectivity index (χ1) is 9.66. The molecule has 2 aromatic rings. The molecule has 0 saturated carbocycles. The zero-order chi connectivity index (χ0) is 14.4. The molecular weight excluding hydrogens is 248 g/mol. The molecule has 104 valence electrons. The van der Waals surface area contributed by atoms with Crippen molar-refractivity contribution in [3.63, 3.8) is 0 Å². The lowest BCUT2D eigenvalue weighted by Crippen LogP contribution is -2.28. The van der Waals surface area contributed by atoms with Gasteiger partial charge < -0.3 is 10.2 Å². The Hall–Kier alpha value is -1.90. The average molecular weight is 268 g/mol. The Balaban J connectivity index is 2.36. The molecule has 0 saturated heterocycles. The molecule has 2 N–H and O–H groups in total. The zero-order valence-electron chi connectivity index (χ0n) is 11.4. The maximum absolute atomic E-state index is 11.2. The lowest BCUT2D eigenvalue weighted by atomic mass is 9.82. The Morgan fingerprint density at radius 3 is 1.80 bits per heavy atom. The minimum absolute atomic E-state index is 0.439. The Bertz CT molecular complexity index is 494. The van der Waals surface area contributed by atoms with Crippen molar-refractivity contribution in [2.24, 2.45) is 0 Å². The van der Waals surface area contributed by atoms with E-state index in [1.54, 1.807) is 0 Å². The summed E-state index contributed by atoms with van der Waals surface area (Å²) < 4.78 is 0. The van der Waals surface area contributed by atoms with E-state index in [4.69, 9.17) is 0 Å². The van der Waals surface area contributed by atoms with Crippen molar-refractivity contribution < 1.29 is 10.2 Å². The van der Waals surface area contributed by atoms with Crippen LogP contribution in [-0.2, 0) is 5.60 Å². The van der Waals surface area contributed by atoms with Crippen LogP contribution in [-0.4, -0.2) is 16.3 Å². The lowest BCUT2D eigenvalue weighted by Gasteiger charge is -2.30. The van der Waals surface area contributed by atoms with Crippen LogP contribution in [0.1, 0.15) is 24.0 Å². The molecule has 0 unspecified atom stereocenters. The largest absolute Gasteiger partial charge is 0.389 e. The van der Waals surface area contributed by atoms with Gasteiger partial charge >= 0.3 is 0 Å². The summed E-state index contributed by atoms with van der Waals surface area (Å²) in [6.45, 7) is 3.58. The van der Waals surface area contributed by atoms with Crippen molar-refractivity contribution >= 4 is 0 Å². The number of aliphatic hydroxyl groups excluding tert-OH is 1. The molecule has 2 rings (SSSR count). The molecule has 0 radical (unpaired) electrons. The quantitative estimate of drug-likeness (QED) is 0.790. The Labute approximate surface area is 120 Å². The Morgan fingerprint density at radius 2 is 1.40 bits per heavy atom. The third kappa shape index (κ3) is 3.16. The first kappa shape index (κ1) is 14.5. The first-order valence-corrected chi connectivity index (χ1v) is 6.81. The van der Waals surface area contributed by atoms with Crippen molar-refractivity contribution in [2.75, 3.05) is 0 Å². The number of rotatable bonds is 6. The van der Waals surface area contributed by atoms with E-state index >= 15 is 0 Å². The minimum atomic E-state index is -1.09. The van der Waals surface area contributed by atoms with E-state index in [1.165, 1.54) is 6.08 Å². The molecule has 0 aromatic heterocycles. The van der Waals surface area contributed by atoms with E-state index in [0.717, 1.165) is 11.1 Å². The van der Waals surface area contributed by atoms with Crippen LogP contribution >= 0.6 is 0 Å². The maximum Gasteiger partial charge on any atom is 0.115 e. The van der Waals surface area contributed by atoms with Gasteiger partial charge in [0.05, 0.1) is 6.10 Å². The summed E-state index contributed by atoms with van der Waals surface area (Å²) in [6, 6.07) is 19.1. The van der Waals surface area contributed by atoms with Gasteiger partial charge in [-0.2, -0.15) is 0 Å². The van der Waals surface area contributed by atoms with Crippen LogP contribution in [0.2, 0.25) is 0 Å². The molecule has 0 aliphatic carbocycles. The molecule has 2 nitrogen and oxygen atoms in total. The second-order valence-electron chi connectivity index (χ2n) is 4.93. The van der Waals surface area contributed by atoms with Gasteiger partial charge in [0.2, 0.25) is 0 Å². The lowest BCUT2D eigenvalue weighted by molar-refractivity contribution is 0.0555. The molecule has 2 aromatic carbocycles. The molecular formula is C18H20O2. The molecule has 0 aliphatic rings. The van der Waals surface area contributed by atoms with E-state index in [9.17, 15) is 10.2 Å². The maximum atomic E-state index is 11.2. The minimum Gasteiger partial charge on any atom is -0.389 e. The van der Waals surface area contributed by atoms with Crippen molar-refractivity contribution in [1.82, 2.24) is 0 Å². The zero-order valence-corrected chi connectivity index (χ0v) is 11.4. The molecule has 0 heterocycles. The molecule has 2 heteroatoms. The van der Waals surface area contributed by atoms with Gasteiger partial charge in [-0.05, 0) is 24.0 Å². The van der Waals surface area contributed by atoms with Crippen molar-refractivity contribution in [2.45, 2.75) is 24.5 Å². The van der Waals surface area contributed by atoms with Gasteiger partial charge in [0.25, 0.3) is 0 Å². The second kappa shape index (κ2) is 6.51. The summed E-state index contributed by atoms with van der Waals surface area (Å²) in [5, 5.41) is 20.8. The number of hydrogen-bond donors (Lipinski definition) is 2. The topological polar surface area (TPSA) is 40.5 Å². The average Bonchev–Trinajstić information content (AvgIpc) is 2.54. The van der Waals surface area contributed by atoms with Gasteiger partial charge in [0.15, 0.2) is 0 Å². The van der Waals surface area contributed by atoms with Crippen LogP contribution in [0, 0.1) is 0 Å². The van der Waals surface area contributed by atoms with Crippen LogP contribution in [0.25, 0.3) is 0 Å². The van der Waals surface area contributed by atoms with Gasteiger partial charge in [0.1, 0.15) is 5.60 Å². The van der Waals surface area contributed by atoms with Gasteiger partial charge in [-0.3, -0.25) is 0 Å². The van der Waals surface area contributed by atoms with Crippen LogP contribution < -0.4 is 0 Å². The number of hydrogen-bond acceptors (Lipinski definition) is 2. The Kier molecular flexibility index (Phi) is 4.72. The van der Waals surface area contributed by atoms with Crippen molar-refractivity contribution in [3.8, 4) is 0 Å². The van der Waals surface area contributed by atoms with Crippen molar-refractivity contribution in [3.05, 3.63) is 84.4 Å². The Morgan fingerprint density at radius 1 is 0.950 bits per heavy atom. The summed E-state index contributed by atoms with van der Waals surface area (Å²) in [6.07, 6.45) is 1.79. The summed E-state index contributed by atoms with van der Waals surface area (Å²) in [5.41, 5.74) is 0.580. The fourth-order valence-electron chi connectivity index (χ4n) is 2.36. The third-order valence-corrected chi connectivity index (χ3v) is 3.58. The number of benzene rings is 2. The highest BCUT2D eigenvalue weighted by Crippen LogP contribution is 2.34. The highest BCUT2D eigenvalue weighted by atomic mass is 16.3. The third-order valence-electron chi connectivity index (χ3n) is 3.58. The monoisotopic (exact) mass is 268 g/mol. The summed E-state index contributed by atoms with van der Waals surface area (Å²) in [5.74, 6) is 0. The molecule has 0 aliphatic heterocycles. The van der Waals surface area contributed by atoms with Gasteiger partial charge in [-0.1, -0.05) is 66.7 Å². The van der Waals surface area contributed by atoms with Crippen LogP contribution in [0.15, 0.2) is 73.3 Å². The van der Waals surface area contributed by atoms with Gasteiger partial charge in [0, 0.05) is 0 Å². The molecule has 0 bridgehead atoms. The predicted molar refractivity (Wildman–Crippen MR) is 81.3 cm³/mol. The fourth-order valence-corrected chi connectivity index (χ4v) is 2.36. The molecule has 0 fully saturated rings. The summed E-state index contributed by atoms with van der Waals surface area (Å²) in [7, 11) is 0. The normalized spacial score (nSPS) is 12.9. The summed E-state index contributed by atoms with van der Waals surface area (Å²) in [4.78, 5) is 0. The highest BCUT2D eigenvalue weighted by molar-refractivity contribution is 5.35. The van der Waals surface area contributed by atoms with E-state index in [1.807, 2.05) is 60.7 Å². The van der Waals surface area contributed by atoms with E-state index in [0.29, 0.717) is 12.8 Å². The smallest absolute Gasteiger partial charge is 0.115 e. The molecule has 0 spiro atoms. The summed E-state index contributed by atoms with van der Waals surface area (Å²) >= 11 is 0. The molecule has 1 atom stereocenters. The predicted octanol–water partition coefficient (Wildman–Crippen LogP) is 3.25.